The van der Waals surface area contributed by atoms with Gasteiger partial charge in [0.1, 0.15) is 5.69 Å². The fraction of sp³-hybridized carbons (Fsp3) is 0.538. The van der Waals surface area contributed by atoms with Gasteiger partial charge in [-0.25, -0.2) is 0 Å². The lowest BCUT2D eigenvalue weighted by Gasteiger charge is -2.32. The SMILES string of the molecule is CO[C@@H]1CCOC[C@@H]1n1cc(C(F)(F)F)cc(N=C=S)c1=O. The third-order valence-electron chi connectivity index (χ3n) is 3.44. The van der Waals surface area contributed by atoms with E-state index in [2.05, 4.69) is 17.2 Å². The van der Waals surface area contributed by atoms with Crippen LogP contribution in [0.25, 0.3) is 0 Å². The molecule has 120 valence electrons. The summed E-state index contributed by atoms with van der Waals surface area (Å²) in [6.45, 7) is 0.508. The molecule has 1 fully saturated rings. The van der Waals surface area contributed by atoms with Crippen LogP contribution in [0, 0.1) is 0 Å². The molecule has 1 saturated heterocycles. The van der Waals surface area contributed by atoms with Crippen molar-refractivity contribution in [1.82, 2.24) is 4.57 Å². The molecule has 0 saturated carbocycles. The first-order valence-corrected chi connectivity index (χ1v) is 6.81. The topological polar surface area (TPSA) is 52.8 Å². The van der Waals surface area contributed by atoms with Crippen molar-refractivity contribution in [2.24, 2.45) is 4.99 Å². The van der Waals surface area contributed by atoms with Crippen molar-refractivity contribution >= 4 is 23.1 Å². The Morgan fingerprint density at radius 1 is 1.55 bits per heavy atom. The second kappa shape index (κ2) is 6.70. The van der Waals surface area contributed by atoms with Crippen LogP contribution in [-0.4, -0.2) is 36.2 Å². The molecule has 0 radical (unpaired) electrons. The molecule has 5 nitrogen and oxygen atoms in total. The van der Waals surface area contributed by atoms with Crippen molar-refractivity contribution in [2.45, 2.75) is 24.7 Å². The molecule has 0 bridgehead atoms. The smallest absolute Gasteiger partial charge is 0.379 e. The van der Waals surface area contributed by atoms with E-state index in [-0.39, 0.29) is 6.61 Å². The highest BCUT2D eigenvalue weighted by Crippen LogP contribution is 2.32. The van der Waals surface area contributed by atoms with Crippen molar-refractivity contribution in [3.05, 3.63) is 28.2 Å². The average molecular weight is 334 g/mol. The Morgan fingerprint density at radius 2 is 2.27 bits per heavy atom. The largest absolute Gasteiger partial charge is 0.417 e. The summed E-state index contributed by atoms with van der Waals surface area (Å²) in [4.78, 5) is 15.7. The van der Waals surface area contributed by atoms with Gasteiger partial charge in [-0.3, -0.25) is 4.79 Å². The van der Waals surface area contributed by atoms with Crippen LogP contribution in [0.15, 0.2) is 22.1 Å². The Morgan fingerprint density at radius 3 is 2.86 bits per heavy atom. The molecular formula is C13H13F3N2O3S. The van der Waals surface area contributed by atoms with Crippen molar-refractivity contribution in [2.75, 3.05) is 20.3 Å². The number of hydrogen-bond acceptors (Lipinski definition) is 5. The lowest BCUT2D eigenvalue weighted by Crippen LogP contribution is -2.40. The molecule has 2 heterocycles. The van der Waals surface area contributed by atoms with Gasteiger partial charge < -0.3 is 14.0 Å². The summed E-state index contributed by atoms with van der Waals surface area (Å²) in [6.07, 6.45) is -3.79. The van der Waals surface area contributed by atoms with Crippen LogP contribution < -0.4 is 5.56 Å². The van der Waals surface area contributed by atoms with Gasteiger partial charge in [-0.15, -0.1) is 0 Å². The van der Waals surface area contributed by atoms with E-state index in [4.69, 9.17) is 9.47 Å². The normalized spacial score (nSPS) is 22.2. The molecule has 2 rings (SSSR count). The number of ether oxygens (including phenoxy) is 2. The van der Waals surface area contributed by atoms with Gasteiger partial charge in [0.25, 0.3) is 5.56 Å². The number of pyridine rings is 1. The Balaban J connectivity index is 2.60. The maximum Gasteiger partial charge on any atom is 0.417 e. The van der Waals surface area contributed by atoms with E-state index in [1.165, 1.54) is 7.11 Å². The monoisotopic (exact) mass is 334 g/mol. The second-order valence-corrected chi connectivity index (χ2v) is 4.91. The first-order valence-electron chi connectivity index (χ1n) is 6.40. The molecule has 0 aliphatic carbocycles. The first-order chi connectivity index (χ1) is 10.4. The Hall–Kier alpha value is -1.54. The van der Waals surface area contributed by atoms with Gasteiger partial charge in [0.2, 0.25) is 0 Å². The standard InChI is InChI=1S/C13H13F3N2O3S/c1-20-11-2-3-21-6-10(11)18-5-8(13(14,15)16)4-9(12(18)19)17-7-22/h4-5,10-11H,2-3,6H2,1H3/t10-,11+/m0/s1. The quantitative estimate of drug-likeness (QED) is 0.630. The van der Waals surface area contributed by atoms with Crippen LogP contribution in [0.4, 0.5) is 18.9 Å². The minimum absolute atomic E-state index is 0.0838. The van der Waals surface area contributed by atoms with Crippen LogP contribution in [0.1, 0.15) is 18.0 Å². The molecule has 9 heteroatoms. The summed E-state index contributed by atoms with van der Waals surface area (Å²) in [5, 5.41) is 1.92. The Bertz CT molecular complexity index is 653. The molecule has 1 aliphatic heterocycles. The van der Waals surface area contributed by atoms with Crippen LogP contribution in [0.5, 0.6) is 0 Å². The predicted octanol–water partition coefficient (Wildman–Crippen LogP) is 2.58. The van der Waals surface area contributed by atoms with Gasteiger partial charge >= 0.3 is 6.18 Å². The van der Waals surface area contributed by atoms with E-state index in [1.807, 2.05) is 5.16 Å². The Labute approximate surface area is 129 Å². The minimum Gasteiger partial charge on any atom is -0.379 e. The number of aromatic nitrogens is 1. The summed E-state index contributed by atoms with van der Waals surface area (Å²) in [5.41, 5.74) is -2.09. The number of methoxy groups -OCH3 is 1. The molecule has 1 aromatic heterocycles. The van der Waals surface area contributed by atoms with Crippen molar-refractivity contribution in [1.29, 1.82) is 0 Å². The van der Waals surface area contributed by atoms with Gasteiger partial charge in [0, 0.05) is 19.9 Å². The van der Waals surface area contributed by atoms with E-state index < -0.39 is 35.1 Å². The number of thiocarbonyl (C=S) groups is 1. The molecule has 0 N–H and O–H groups in total. The summed E-state index contributed by atoms with van der Waals surface area (Å²) in [5.74, 6) is 0. The van der Waals surface area contributed by atoms with Gasteiger partial charge in [-0.05, 0) is 24.7 Å². The lowest BCUT2D eigenvalue weighted by molar-refractivity contribution is -0.138. The fourth-order valence-corrected chi connectivity index (χ4v) is 2.45. The molecule has 0 amide bonds. The molecule has 22 heavy (non-hydrogen) atoms. The molecule has 0 aromatic carbocycles. The maximum absolute atomic E-state index is 13.0. The first kappa shape index (κ1) is 16.8. The summed E-state index contributed by atoms with van der Waals surface area (Å²) >= 11 is 4.38. The molecule has 0 unspecified atom stereocenters. The number of alkyl halides is 3. The summed E-state index contributed by atoms with van der Waals surface area (Å²) < 4.78 is 50.5. The zero-order chi connectivity index (χ0) is 16.3. The summed E-state index contributed by atoms with van der Waals surface area (Å²) in [6, 6.07) is -0.00323. The number of hydrogen-bond donors (Lipinski definition) is 0. The third-order valence-corrected chi connectivity index (χ3v) is 3.53. The molecular weight excluding hydrogens is 321 g/mol. The van der Waals surface area contributed by atoms with Gasteiger partial charge in [0.15, 0.2) is 0 Å². The number of nitrogens with zero attached hydrogens (tertiary/aromatic N) is 2. The molecule has 1 aromatic rings. The van der Waals surface area contributed by atoms with E-state index in [1.54, 1.807) is 0 Å². The van der Waals surface area contributed by atoms with E-state index in [0.717, 1.165) is 10.8 Å². The predicted molar refractivity (Wildman–Crippen MR) is 75.7 cm³/mol. The second-order valence-electron chi connectivity index (χ2n) is 4.73. The maximum atomic E-state index is 13.0. The van der Waals surface area contributed by atoms with Crippen LogP contribution in [-0.2, 0) is 15.7 Å². The highest BCUT2D eigenvalue weighted by atomic mass is 32.1. The van der Waals surface area contributed by atoms with Crippen LogP contribution in [0.3, 0.4) is 0 Å². The van der Waals surface area contributed by atoms with E-state index in [9.17, 15) is 18.0 Å². The van der Waals surface area contributed by atoms with Crippen LogP contribution in [0.2, 0.25) is 0 Å². The summed E-state index contributed by atoms with van der Waals surface area (Å²) in [7, 11) is 1.44. The van der Waals surface area contributed by atoms with Gasteiger partial charge in [-0.1, -0.05) is 0 Å². The molecule has 0 spiro atoms. The molecule has 1 aliphatic rings. The highest BCUT2D eigenvalue weighted by molar-refractivity contribution is 7.78. The highest BCUT2D eigenvalue weighted by Gasteiger charge is 2.35. The lowest BCUT2D eigenvalue weighted by atomic mass is 10.1. The van der Waals surface area contributed by atoms with Gasteiger partial charge in [0.05, 0.1) is 29.5 Å². The van der Waals surface area contributed by atoms with E-state index in [0.29, 0.717) is 19.1 Å². The number of rotatable bonds is 3. The fourth-order valence-electron chi connectivity index (χ4n) is 2.36. The van der Waals surface area contributed by atoms with Crippen LogP contribution >= 0.6 is 12.2 Å². The van der Waals surface area contributed by atoms with Crippen molar-refractivity contribution < 1.29 is 22.6 Å². The average Bonchev–Trinajstić information content (AvgIpc) is 2.48. The zero-order valence-electron chi connectivity index (χ0n) is 11.6. The third kappa shape index (κ3) is 3.44. The van der Waals surface area contributed by atoms with E-state index >= 15 is 0 Å². The number of aliphatic imine (C=N–C) groups is 1. The van der Waals surface area contributed by atoms with Gasteiger partial charge in [-0.2, -0.15) is 18.2 Å². The van der Waals surface area contributed by atoms with Crippen molar-refractivity contribution in [3.63, 3.8) is 0 Å². The zero-order valence-corrected chi connectivity index (χ0v) is 12.4. The number of isothiocyanates is 1. The Kier molecular flexibility index (Phi) is 5.12. The van der Waals surface area contributed by atoms with Crippen molar-refractivity contribution in [3.8, 4) is 0 Å². The number of halogens is 3. The minimum atomic E-state index is -4.61. The molecule has 2 atom stereocenters.